The predicted molar refractivity (Wildman–Crippen MR) is 126 cm³/mol. The van der Waals surface area contributed by atoms with Gasteiger partial charge in [0.2, 0.25) is 0 Å². The molecule has 0 radical (unpaired) electrons. The van der Waals surface area contributed by atoms with Crippen molar-refractivity contribution in [3.05, 3.63) is 38.5 Å². The van der Waals surface area contributed by atoms with Crippen LogP contribution in [0.2, 0.25) is 0 Å². The maximum Gasteiger partial charge on any atom is 0.434 e. The van der Waals surface area contributed by atoms with E-state index in [1.807, 2.05) is 0 Å². The van der Waals surface area contributed by atoms with Crippen LogP contribution in [0.5, 0.6) is 0 Å². The van der Waals surface area contributed by atoms with Gasteiger partial charge in [0.1, 0.15) is 0 Å². The molecule has 0 bridgehead atoms. The highest BCUT2D eigenvalue weighted by molar-refractivity contribution is 14.0. The van der Waals surface area contributed by atoms with Crippen LogP contribution in [0, 0.1) is 0 Å². The molecule has 29 heavy (non-hydrogen) atoms. The summed E-state index contributed by atoms with van der Waals surface area (Å²) in [5.41, 5.74) is 0.437. The van der Waals surface area contributed by atoms with E-state index in [1.54, 1.807) is 18.4 Å². The highest BCUT2D eigenvalue weighted by Gasteiger charge is 2.33. The van der Waals surface area contributed by atoms with Gasteiger partial charge in [-0.3, -0.25) is 9.89 Å². The number of likely N-dealkylation sites (N-methyl/N-ethyl adjacent to an activating group) is 1. The Bertz CT molecular complexity index is 730. The number of aliphatic imine (C=N–C) groups is 1. The minimum atomic E-state index is -4.39. The topological polar surface area (TPSA) is 52.5 Å². The van der Waals surface area contributed by atoms with E-state index < -0.39 is 11.9 Å². The van der Waals surface area contributed by atoms with Gasteiger partial charge in [-0.15, -0.1) is 35.3 Å². The quantitative estimate of drug-likeness (QED) is 0.267. The van der Waals surface area contributed by atoms with Gasteiger partial charge >= 0.3 is 6.18 Å². The zero-order chi connectivity index (χ0) is 20.6. The lowest BCUT2D eigenvalue weighted by Gasteiger charge is -2.30. The Kier molecular flexibility index (Phi) is 11.4. The first kappa shape index (κ1) is 26.1. The molecule has 164 valence electrons. The van der Waals surface area contributed by atoms with Crippen LogP contribution < -0.4 is 10.6 Å². The van der Waals surface area contributed by atoms with Crippen molar-refractivity contribution in [1.82, 2.24) is 20.5 Å². The van der Waals surface area contributed by atoms with Crippen molar-refractivity contribution in [2.45, 2.75) is 32.5 Å². The van der Waals surface area contributed by atoms with Crippen LogP contribution in [0.4, 0.5) is 13.2 Å². The van der Waals surface area contributed by atoms with Crippen molar-refractivity contribution in [2.24, 2.45) is 4.99 Å². The summed E-state index contributed by atoms with van der Waals surface area (Å²) >= 11 is 2.70. The number of nitrogens with zero attached hydrogens (tertiary/aromatic N) is 3. The van der Waals surface area contributed by atoms with E-state index in [9.17, 15) is 13.2 Å². The zero-order valence-corrected chi connectivity index (χ0v) is 20.6. The summed E-state index contributed by atoms with van der Waals surface area (Å²) in [7, 11) is 1.68. The lowest BCUT2D eigenvalue weighted by molar-refractivity contribution is -0.140. The van der Waals surface area contributed by atoms with E-state index in [1.165, 1.54) is 5.56 Å². The Morgan fingerprint density at radius 2 is 1.97 bits per heavy atom. The molecule has 0 amide bonds. The Hall–Kier alpha value is -0.920. The second-order valence-corrected chi connectivity index (χ2v) is 7.77. The van der Waals surface area contributed by atoms with E-state index in [-0.39, 0.29) is 30.0 Å². The standard InChI is InChI=1S/C18H26F3N5S2.HI/c1-4-26(5-2)14(13-7-9-27-11-13)10-24-17(22-3)23-8-6-16-25-15(12-28-16)18(19,20)21;/h7,9,11-12,14H,4-6,8,10H2,1-3H3,(H2,22,23,24);1H. The van der Waals surface area contributed by atoms with Crippen LogP contribution in [0.1, 0.15) is 36.2 Å². The van der Waals surface area contributed by atoms with Gasteiger partial charge in [0.25, 0.3) is 0 Å². The first-order valence-electron chi connectivity index (χ1n) is 9.11. The smallest absolute Gasteiger partial charge is 0.356 e. The van der Waals surface area contributed by atoms with Gasteiger partial charge in [-0.2, -0.15) is 24.5 Å². The Morgan fingerprint density at radius 1 is 1.24 bits per heavy atom. The number of thiophene rings is 1. The molecule has 1 atom stereocenters. The number of rotatable bonds is 9. The molecule has 2 N–H and O–H groups in total. The van der Waals surface area contributed by atoms with Gasteiger partial charge in [-0.25, -0.2) is 4.98 Å². The lowest BCUT2D eigenvalue weighted by Crippen LogP contribution is -2.43. The molecule has 2 aromatic rings. The van der Waals surface area contributed by atoms with Gasteiger partial charge in [-0.05, 0) is 35.5 Å². The highest BCUT2D eigenvalue weighted by Crippen LogP contribution is 2.30. The summed E-state index contributed by atoms with van der Waals surface area (Å²) in [6, 6.07) is 2.36. The van der Waals surface area contributed by atoms with Crippen molar-refractivity contribution in [1.29, 1.82) is 0 Å². The third kappa shape index (κ3) is 8.02. The summed E-state index contributed by atoms with van der Waals surface area (Å²) in [6.07, 6.45) is -3.98. The number of alkyl halides is 3. The molecule has 1 unspecified atom stereocenters. The molecule has 5 nitrogen and oxygen atoms in total. The fourth-order valence-electron chi connectivity index (χ4n) is 2.84. The fourth-order valence-corrected chi connectivity index (χ4v) is 4.36. The minimum absolute atomic E-state index is 0. The number of halogens is 4. The second kappa shape index (κ2) is 12.7. The van der Waals surface area contributed by atoms with Crippen LogP contribution in [0.3, 0.4) is 0 Å². The first-order chi connectivity index (χ1) is 13.4. The van der Waals surface area contributed by atoms with Crippen LogP contribution in [-0.4, -0.2) is 49.1 Å². The normalized spacial score (nSPS) is 13.3. The summed E-state index contributed by atoms with van der Waals surface area (Å²) < 4.78 is 37.9. The maximum atomic E-state index is 12.6. The minimum Gasteiger partial charge on any atom is -0.356 e. The molecular formula is C18H27F3IN5S2. The van der Waals surface area contributed by atoms with Gasteiger partial charge in [0, 0.05) is 31.9 Å². The summed E-state index contributed by atoms with van der Waals surface area (Å²) in [6.45, 7) is 7.30. The number of guanidine groups is 1. The van der Waals surface area contributed by atoms with Gasteiger partial charge in [0.05, 0.1) is 11.0 Å². The average Bonchev–Trinajstić information content (AvgIpc) is 3.35. The van der Waals surface area contributed by atoms with E-state index in [0.29, 0.717) is 30.5 Å². The SMILES string of the molecule is CCN(CC)C(CNC(=NC)NCCc1nc(C(F)(F)F)cs1)c1ccsc1.I. The molecule has 0 spiro atoms. The van der Waals surface area contributed by atoms with Gasteiger partial charge in [-0.1, -0.05) is 13.8 Å². The molecule has 0 aliphatic heterocycles. The van der Waals surface area contributed by atoms with Crippen LogP contribution in [0.25, 0.3) is 0 Å². The molecule has 2 aromatic heterocycles. The summed E-state index contributed by atoms with van der Waals surface area (Å²) in [5.74, 6) is 0.625. The summed E-state index contributed by atoms with van der Waals surface area (Å²) in [4.78, 5) is 10.2. The lowest BCUT2D eigenvalue weighted by atomic mass is 10.1. The first-order valence-corrected chi connectivity index (χ1v) is 10.9. The number of aromatic nitrogens is 1. The van der Waals surface area contributed by atoms with E-state index >= 15 is 0 Å². The van der Waals surface area contributed by atoms with E-state index in [4.69, 9.17) is 0 Å². The highest BCUT2D eigenvalue weighted by atomic mass is 127. The molecule has 2 rings (SSSR count). The average molecular weight is 561 g/mol. The van der Waals surface area contributed by atoms with E-state index in [0.717, 1.165) is 29.8 Å². The second-order valence-electron chi connectivity index (χ2n) is 6.05. The third-order valence-corrected chi connectivity index (χ3v) is 5.95. The molecule has 11 heteroatoms. The monoisotopic (exact) mass is 561 g/mol. The van der Waals surface area contributed by atoms with E-state index in [2.05, 4.69) is 56.2 Å². The van der Waals surface area contributed by atoms with Crippen LogP contribution in [-0.2, 0) is 12.6 Å². The summed E-state index contributed by atoms with van der Waals surface area (Å²) in [5, 5.41) is 12.2. The predicted octanol–water partition coefficient (Wildman–Crippen LogP) is 4.63. The fraction of sp³-hybridized carbons (Fsp3) is 0.556. The van der Waals surface area contributed by atoms with Crippen molar-refractivity contribution in [3.8, 4) is 0 Å². The number of hydrogen-bond acceptors (Lipinski definition) is 5. The zero-order valence-electron chi connectivity index (χ0n) is 16.6. The van der Waals surface area contributed by atoms with Crippen LogP contribution >= 0.6 is 46.7 Å². The van der Waals surface area contributed by atoms with Gasteiger partial charge in [0.15, 0.2) is 11.7 Å². The Morgan fingerprint density at radius 3 is 2.48 bits per heavy atom. The molecular weight excluding hydrogens is 534 g/mol. The molecule has 0 aliphatic carbocycles. The molecule has 2 heterocycles. The largest absolute Gasteiger partial charge is 0.434 e. The molecule has 0 fully saturated rings. The number of hydrogen-bond donors (Lipinski definition) is 2. The third-order valence-electron chi connectivity index (χ3n) is 4.34. The van der Waals surface area contributed by atoms with Gasteiger partial charge < -0.3 is 10.6 Å². The van der Waals surface area contributed by atoms with Crippen molar-refractivity contribution in [3.63, 3.8) is 0 Å². The molecule has 0 aromatic carbocycles. The van der Waals surface area contributed by atoms with Crippen molar-refractivity contribution in [2.75, 3.05) is 33.2 Å². The van der Waals surface area contributed by atoms with Crippen LogP contribution in [0.15, 0.2) is 27.2 Å². The van der Waals surface area contributed by atoms with Crippen molar-refractivity contribution >= 4 is 52.6 Å². The maximum absolute atomic E-state index is 12.6. The number of nitrogens with one attached hydrogen (secondary N) is 2. The molecule has 0 aliphatic rings. The molecule has 0 saturated carbocycles. The Labute approximate surface area is 194 Å². The Balaban J connectivity index is 0.00000420. The number of thiazole rings is 1. The van der Waals surface area contributed by atoms with Crippen molar-refractivity contribution < 1.29 is 13.2 Å². The molecule has 0 saturated heterocycles.